The van der Waals surface area contributed by atoms with E-state index in [0.29, 0.717) is 12.0 Å². The SMILES string of the molecule is Cn1cc(C2(F)CC(N)C2(C)C)cn1. The van der Waals surface area contributed by atoms with Crippen molar-refractivity contribution in [1.82, 2.24) is 9.78 Å². The summed E-state index contributed by atoms with van der Waals surface area (Å²) in [5, 5.41) is 3.99. The van der Waals surface area contributed by atoms with Gasteiger partial charge in [-0.25, -0.2) is 4.39 Å². The van der Waals surface area contributed by atoms with Crippen LogP contribution in [0.5, 0.6) is 0 Å². The summed E-state index contributed by atoms with van der Waals surface area (Å²) in [5.41, 5.74) is 4.66. The Balaban J connectivity index is 2.36. The van der Waals surface area contributed by atoms with E-state index in [1.54, 1.807) is 24.1 Å². The average molecular weight is 197 g/mol. The van der Waals surface area contributed by atoms with Crippen LogP contribution in [0.1, 0.15) is 25.8 Å². The molecule has 0 saturated heterocycles. The van der Waals surface area contributed by atoms with Gasteiger partial charge in [-0.2, -0.15) is 5.10 Å². The topological polar surface area (TPSA) is 43.8 Å². The predicted octanol–water partition coefficient (Wildman–Crippen LogP) is 1.34. The van der Waals surface area contributed by atoms with Crippen molar-refractivity contribution < 1.29 is 4.39 Å². The first kappa shape index (κ1) is 9.65. The number of alkyl halides is 1. The summed E-state index contributed by atoms with van der Waals surface area (Å²) in [6, 6.07) is -0.0623. The van der Waals surface area contributed by atoms with E-state index >= 15 is 0 Å². The largest absolute Gasteiger partial charge is 0.327 e. The lowest BCUT2D eigenvalue weighted by atomic mass is 9.55. The van der Waals surface area contributed by atoms with Gasteiger partial charge in [-0.05, 0) is 0 Å². The van der Waals surface area contributed by atoms with E-state index in [4.69, 9.17) is 5.73 Å². The monoisotopic (exact) mass is 197 g/mol. The molecule has 4 heteroatoms. The van der Waals surface area contributed by atoms with Gasteiger partial charge in [-0.3, -0.25) is 4.68 Å². The minimum Gasteiger partial charge on any atom is -0.327 e. The van der Waals surface area contributed by atoms with Crippen molar-refractivity contribution in [3.05, 3.63) is 18.0 Å². The first-order chi connectivity index (χ1) is 6.38. The molecule has 0 bridgehead atoms. The number of aromatic nitrogens is 2. The smallest absolute Gasteiger partial charge is 0.147 e. The number of nitrogens with two attached hydrogens (primary N) is 1. The van der Waals surface area contributed by atoms with Gasteiger partial charge in [0.25, 0.3) is 0 Å². The van der Waals surface area contributed by atoms with E-state index in [1.165, 1.54) is 0 Å². The van der Waals surface area contributed by atoms with Gasteiger partial charge in [0, 0.05) is 36.7 Å². The average Bonchev–Trinajstić information content (AvgIpc) is 2.52. The molecule has 1 aromatic heterocycles. The van der Waals surface area contributed by atoms with E-state index < -0.39 is 11.1 Å². The lowest BCUT2D eigenvalue weighted by Crippen LogP contribution is -2.62. The Bertz CT molecular complexity index is 358. The Morgan fingerprint density at radius 1 is 1.64 bits per heavy atom. The maximum absolute atomic E-state index is 14.5. The molecule has 1 aliphatic rings. The highest BCUT2D eigenvalue weighted by atomic mass is 19.1. The minimum absolute atomic E-state index is 0.0623. The van der Waals surface area contributed by atoms with Gasteiger partial charge in [0.05, 0.1) is 6.20 Å². The summed E-state index contributed by atoms with van der Waals surface area (Å²) < 4.78 is 16.2. The fourth-order valence-corrected chi connectivity index (χ4v) is 2.10. The third-order valence-corrected chi connectivity index (χ3v) is 3.61. The van der Waals surface area contributed by atoms with Crippen LogP contribution < -0.4 is 5.73 Å². The number of nitrogens with zero attached hydrogens (tertiary/aromatic N) is 2. The second kappa shape index (κ2) is 2.57. The lowest BCUT2D eigenvalue weighted by Gasteiger charge is -2.54. The van der Waals surface area contributed by atoms with Crippen molar-refractivity contribution in [3.8, 4) is 0 Å². The number of hydrogen-bond donors (Lipinski definition) is 1. The van der Waals surface area contributed by atoms with Gasteiger partial charge in [0.1, 0.15) is 5.67 Å². The summed E-state index contributed by atoms with van der Waals surface area (Å²) in [6.45, 7) is 3.74. The first-order valence-corrected chi connectivity index (χ1v) is 4.81. The first-order valence-electron chi connectivity index (χ1n) is 4.81. The van der Waals surface area contributed by atoms with Crippen LogP contribution in [0.25, 0.3) is 0 Å². The van der Waals surface area contributed by atoms with Gasteiger partial charge < -0.3 is 5.73 Å². The fourth-order valence-electron chi connectivity index (χ4n) is 2.10. The van der Waals surface area contributed by atoms with Gasteiger partial charge in [0.2, 0.25) is 0 Å². The molecule has 0 radical (unpaired) electrons. The second-order valence-electron chi connectivity index (χ2n) is 4.74. The molecule has 1 aliphatic carbocycles. The van der Waals surface area contributed by atoms with Crippen molar-refractivity contribution in [2.75, 3.05) is 0 Å². The quantitative estimate of drug-likeness (QED) is 0.738. The van der Waals surface area contributed by atoms with Crippen molar-refractivity contribution in [2.24, 2.45) is 18.2 Å². The Hall–Kier alpha value is -0.900. The molecule has 3 nitrogen and oxygen atoms in total. The van der Waals surface area contributed by atoms with Crippen LogP contribution in [-0.4, -0.2) is 15.8 Å². The standard InChI is InChI=1S/C10H16FN3/c1-9(2)8(12)4-10(9,11)7-5-13-14(3)6-7/h5-6,8H,4,12H2,1-3H3. The highest BCUT2D eigenvalue weighted by Gasteiger charge is 2.61. The van der Waals surface area contributed by atoms with Gasteiger partial charge in [-0.15, -0.1) is 0 Å². The van der Waals surface area contributed by atoms with Crippen LogP contribution in [0.15, 0.2) is 12.4 Å². The van der Waals surface area contributed by atoms with Gasteiger partial charge >= 0.3 is 0 Å². The van der Waals surface area contributed by atoms with Crippen molar-refractivity contribution in [1.29, 1.82) is 0 Å². The molecule has 2 unspecified atom stereocenters. The molecule has 0 aliphatic heterocycles. The summed E-state index contributed by atoms with van der Waals surface area (Å²) in [7, 11) is 1.79. The van der Waals surface area contributed by atoms with Crippen LogP contribution in [0.4, 0.5) is 4.39 Å². The van der Waals surface area contributed by atoms with Crippen molar-refractivity contribution in [2.45, 2.75) is 32.0 Å². The Morgan fingerprint density at radius 3 is 2.64 bits per heavy atom. The molecule has 78 valence electrons. The molecule has 1 heterocycles. The molecule has 0 spiro atoms. The number of rotatable bonds is 1. The second-order valence-corrected chi connectivity index (χ2v) is 4.74. The molecule has 1 aromatic rings. The molecule has 1 fully saturated rings. The summed E-state index contributed by atoms with van der Waals surface area (Å²) >= 11 is 0. The molecule has 2 rings (SSSR count). The number of halogens is 1. The van der Waals surface area contributed by atoms with Crippen molar-refractivity contribution >= 4 is 0 Å². The Morgan fingerprint density at radius 2 is 2.29 bits per heavy atom. The third kappa shape index (κ3) is 0.974. The van der Waals surface area contributed by atoms with E-state index in [9.17, 15) is 4.39 Å². The maximum Gasteiger partial charge on any atom is 0.147 e. The number of aryl methyl sites for hydroxylation is 1. The fraction of sp³-hybridized carbons (Fsp3) is 0.700. The van der Waals surface area contributed by atoms with Crippen LogP contribution in [-0.2, 0) is 12.7 Å². The molecular weight excluding hydrogens is 181 g/mol. The Labute approximate surface area is 83.1 Å². The highest BCUT2D eigenvalue weighted by Crippen LogP contribution is 2.57. The summed E-state index contributed by atoms with van der Waals surface area (Å²) in [5.74, 6) is 0. The lowest BCUT2D eigenvalue weighted by molar-refractivity contribution is -0.108. The van der Waals surface area contributed by atoms with E-state index in [0.717, 1.165) is 0 Å². The van der Waals surface area contributed by atoms with E-state index in [-0.39, 0.29) is 6.04 Å². The zero-order valence-electron chi connectivity index (χ0n) is 8.79. The van der Waals surface area contributed by atoms with Crippen LogP contribution >= 0.6 is 0 Å². The van der Waals surface area contributed by atoms with Gasteiger partial charge in [-0.1, -0.05) is 13.8 Å². The van der Waals surface area contributed by atoms with Crippen molar-refractivity contribution in [3.63, 3.8) is 0 Å². The molecule has 0 aromatic carbocycles. The van der Waals surface area contributed by atoms with Gasteiger partial charge in [0.15, 0.2) is 0 Å². The molecule has 14 heavy (non-hydrogen) atoms. The number of hydrogen-bond acceptors (Lipinski definition) is 2. The molecule has 2 N–H and O–H groups in total. The van der Waals surface area contributed by atoms with Crippen LogP contribution in [0.3, 0.4) is 0 Å². The zero-order chi connectivity index (χ0) is 10.6. The third-order valence-electron chi connectivity index (χ3n) is 3.61. The normalized spacial score (nSPS) is 35.4. The minimum atomic E-state index is -1.30. The molecule has 0 amide bonds. The molecular formula is C10H16FN3. The van der Waals surface area contributed by atoms with E-state index in [2.05, 4.69) is 5.10 Å². The van der Waals surface area contributed by atoms with Crippen LogP contribution in [0.2, 0.25) is 0 Å². The van der Waals surface area contributed by atoms with E-state index in [1.807, 2.05) is 13.8 Å². The summed E-state index contributed by atoms with van der Waals surface area (Å²) in [6.07, 6.45) is 3.72. The summed E-state index contributed by atoms with van der Waals surface area (Å²) in [4.78, 5) is 0. The zero-order valence-corrected chi connectivity index (χ0v) is 8.79. The predicted molar refractivity (Wildman–Crippen MR) is 52.4 cm³/mol. The maximum atomic E-state index is 14.5. The Kier molecular flexibility index (Phi) is 1.77. The molecule has 1 saturated carbocycles. The molecule has 2 atom stereocenters. The highest BCUT2D eigenvalue weighted by molar-refractivity contribution is 5.27. The van der Waals surface area contributed by atoms with Crippen LogP contribution in [0, 0.1) is 5.41 Å².